The molecule has 13 heteroatoms. The third kappa shape index (κ3) is 10.1. The summed E-state index contributed by atoms with van der Waals surface area (Å²) in [5.41, 5.74) is 2.57. The first kappa shape index (κ1) is 37.9. The zero-order valence-corrected chi connectivity index (χ0v) is 29.8. The normalized spacial score (nSPS) is 11.6. The van der Waals surface area contributed by atoms with Crippen molar-refractivity contribution in [1.82, 2.24) is 4.98 Å². The van der Waals surface area contributed by atoms with Crippen molar-refractivity contribution in [2.24, 2.45) is 5.16 Å². The van der Waals surface area contributed by atoms with Gasteiger partial charge in [-0.05, 0) is 34.4 Å². The van der Waals surface area contributed by atoms with E-state index in [4.69, 9.17) is 33.3 Å². The highest BCUT2D eigenvalue weighted by Crippen LogP contribution is 2.40. The van der Waals surface area contributed by atoms with E-state index in [0.29, 0.717) is 48.6 Å². The van der Waals surface area contributed by atoms with Crippen molar-refractivity contribution in [2.75, 3.05) is 59.5 Å². The fourth-order valence-electron chi connectivity index (χ4n) is 5.23. The summed E-state index contributed by atoms with van der Waals surface area (Å²) in [6, 6.07) is 35.3. The Bertz CT molecular complexity index is 1740. The van der Waals surface area contributed by atoms with E-state index in [1.165, 1.54) is 11.3 Å². The van der Waals surface area contributed by atoms with Gasteiger partial charge >= 0.3 is 5.97 Å². The number of carbonyl (C=O) groups is 1. The molecule has 12 nitrogen and oxygen atoms in total. The lowest BCUT2D eigenvalue weighted by atomic mass is 9.77. The number of hydrogen-bond donors (Lipinski definition) is 2. The van der Waals surface area contributed by atoms with Crippen molar-refractivity contribution >= 4 is 28.1 Å². The first-order valence-corrected chi connectivity index (χ1v) is 17.3. The van der Waals surface area contributed by atoms with Crippen molar-refractivity contribution in [3.05, 3.63) is 143 Å². The Labute approximate surface area is 306 Å². The highest BCUT2D eigenvalue weighted by atomic mass is 32.1. The second-order valence-corrected chi connectivity index (χ2v) is 12.0. The van der Waals surface area contributed by atoms with Gasteiger partial charge in [-0.3, -0.25) is 0 Å². The number of aliphatic carboxylic acids is 1. The highest BCUT2D eigenvalue weighted by molar-refractivity contribution is 7.14. The van der Waals surface area contributed by atoms with Gasteiger partial charge in [0, 0.05) is 19.6 Å². The number of aromatic nitrogens is 1. The van der Waals surface area contributed by atoms with E-state index >= 15 is 0 Å². The van der Waals surface area contributed by atoms with Crippen LogP contribution in [0.5, 0.6) is 11.5 Å². The average Bonchev–Trinajstić information content (AvgIpc) is 3.64. The zero-order valence-electron chi connectivity index (χ0n) is 28.9. The topological polar surface area (TPSA) is 139 Å². The van der Waals surface area contributed by atoms with Gasteiger partial charge in [0.1, 0.15) is 17.8 Å². The average molecular weight is 728 g/mol. The van der Waals surface area contributed by atoms with Crippen molar-refractivity contribution in [2.45, 2.75) is 12.1 Å². The summed E-state index contributed by atoms with van der Waals surface area (Å²) in [6.45, 7) is 1.45. The van der Waals surface area contributed by atoms with Gasteiger partial charge in [-0.2, -0.15) is 0 Å². The number of benzene rings is 4. The Balaban J connectivity index is 1.35. The van der Waals surface area contributed by atoms with Crippen molar-refractivity contribution in [3.63, 3.8) is 0 Å². The molecule has 5 aromatic rings. The first-order valence-electron chi connectivity index (χ1n) is 16.4. The number of methoxy groups -OCH3 is 2. The van der Waals surface area contributed by atoms with Gasteiger partial charge < -0.3 is 43.7 Å². The fraction of sp³-hybridized carbons (Fsp3) is 0.256. The molecule has 1 aromatic heterocycles. The van der Waals surface area contributed by atoms with Crippen LogP contribution in [0.15, 0.2) is 120 Å². The summed E-state index contributed by atoms with van der Waals surface area (Å²) in [4.78, 5) is 22.7. The molecule has 0 unspecified atom stereocenters. The maximum Gasteiger partial charge on any atom is 0.360 e. The molecular formula is C39H41N3O9S. The summed E-state index contributed by atoms with van der Waals surface area (Å²) in [6.07, 6.45) is 0. The van der Waals surface area contributed by atoms with E-state index in [9.17, 15) is 9.90 Å². The largest absolute Gasteiger partial charge is 0.476 e. The predicted octanol–water partition coefficient (Wildman–Crippen LogP) is 6.55. The number of nitrogens with zero attached hydrogens (tertiary/aromatic N) is 2. The molecule has 272 valence electrons. The van der Waals surface area contributed by atoms with Gasteiger partial charge in [0.15, 0.2) is 30.2 Å². The molecular weight excluding hydrogens is 687 g/mol. The summed E-state index contributed by atoms with van der Waals surface area (Å²) in [7, 11) is 3.17. The molecule has 2 N–H and O–H groups in total. The van der Waals surface area contributed by atoms with Crippen LogP contribution in [0.3, 0.4) is 0 Å². The van der Waals surface area contributed by atoms with Crippen LogP contribution in [0, 0.1) is 0 Å². The molecule has 1 heterocycles. The van der Waals surface area contributed by atoms with Crippen LogP contribution in [0.25, 0.3) is 0 Å². The lowest BCUT2D eigenvalue weighted by Crippen LogP contribution is -2.38. The van der Waals surface area contributed by atoms with E-state index in [2.05, 4.69) is 51.9 Å². The van der Waals surface area contributed by atoms with E-state index in [0.717, 1.165) is 16.7 Å². The third-order valence-corrected chi connectivity index (χ3v) is 8.48. The molecule has 0 aliphatic carbocycles. The minimum Gasteiger partial charge on any atom is -0.476 e. The van der Waals surface area contributed by atoms with Crippen molar-refractivity contribution in [1.29, 1.82) is 0 Å². The Morgan fingerprint density at radius 3 is 1.81 bits per heavy atom. The summed E-state index contributed by atoms with van der Waals surface area (Å²) in [5.74, 6) is -0.483. The Morgan fingerprint density at radius 2 is 1.29 bits per heavy atom. The molecule has 4 aromatic carbocycles. The number of ether oxygens (including phenoxy) is 6. The number of anilines is 1. The summed E-state index contributed by atoms with van der Waals surface area (Å²) in [5, 5.41) is 19.9. The van der Waals surface area contributed by atoms with Gasteiger partial charge in [-0.1, -0.05) is 102 Å². The molecule has 5 rings (SSSR count). The van der Waals surface area contributed by atoms with Crippen LogP contribution in [0.2, 0.25) is 0 Å². The van der Waals surface area contributed by atoms with E-state index < -0.39 is 11.5 Å². The van der Waals surface area contributed by atoms with Crippen LogP contribution in [0.1, 0.15) is 27.9 Å². The zero-order chi connectivity index (χ0) is 36.4. The number of oxime groups is 1. The first-order chi connectivity index (χ1) is 25.5. The highest BCUT2D eigenvalue weighted by Gasteiger charge is 2.37. The Morgan fingerprint density at radius 1 is 0.750 bits per heavy atom. The van der Waals surface area contributed by atoms with Crippen LogP contribution in [-0.2, 0) is 40.7 Å². The maximum atomic E-state index is 12.4. The minimum absolute atomic E-state index is 0.0139. The number of nitrogens with one attached hydrogen (secondary N) is 1. The van der Waals surface area contributed by atoms with Gasteiger partial charge in [0.25, 0.3) is 0 Å². The van der Waals surface area contributed by atoms with E-state index in [1.807, 2.05) is 54.6 Å². The van der Waals surface area contributed by atoms with Gasteiger partial charge in [-0.15, -0.1) is 11.3 Å². The number of carboxylic acid groups (broad SMARTS) is 1. The maximum absolute atomic E-state index is 12.4. The standard InChI is InChI=1S/C39H41N3O9S/c1-45-20-22-47-27-49-34-19-18-29(24-35(34)50-28-48-23-21-46-2)25-51-42-36(37(43)44)33-26-52-38(40-33)41-39(30-12-6-3-7-13-30,31-14-8-4-9-15-31)32-16-10-5-11-17-32/h3-19,24,26H,20-23,25,27-28H2,1-2H3,(H,40,41)(H,43,44)/b42-36+. The van der Waals surface area contributed by atoms with Crippen molar-refractivity contribution in [3.8, 4) is 11.5 Å². The van der Waals surface area contributed by atoms with E-state index in [1.54, 1.807) is 37.8 Å². The summed E-state index contributed by atoms with van der Waals surface area (Å²) < 4.78 is 32.4. The van der Waals surface area contributed by atoms with Crippen LogP contribution in [0.4, 0.5) is 5.13 Å². The lowest BCUT2D eigenvalue weighted by Gasteiger charge is -2.36. The molecule has 0 radical (unpaired) electrons. The molecule has 0 fully saturated rings. The molecule has 0 saturated carbocycles. The second kappa shape index (κ2) is 19.9. The minimum atomic E-state index is -1.29. The molecule has 0 aliphatic rings. The molecule has 0 spiro atoms. The third-order valence-electron chi connectivity index (χ3n) is 7.72. The number of hydrogen-bond acceptors (Lipinski definition) is 12. The van der Waals surface area contributed by atoms with Crippen LogP contribution in [-0.4, -0.2) is 76.0 Å². The molecule has 0 amide bonds. The van der Waals surface area contributed by atoms with Gasteiger partial charge in [-0.25, -0.2) is 9.78 Å². The quantitative estimate of drug-likeness (QED) is 0.0264. The Hall–Kier alpha value is -5.31. The smallest absolute Gasteiger partial charge is 0.360 e. The van der Waals surface area contributed by atoms with Gasteiger partial charge in [0.05, 0.1) is 26.4 Å². The lowest BCUT2D eigenvalue weighted by molar-refractivity contribution is -0.129. The molecule has 0 bridgehead atoms. The Kier molecular flexibility index (Phi) is 14.5. The fourth-order valence-corrected chi connectivity index (χ4v) is 5.99. The number of rotatable bonds is 22. The van der Waals surface area contributed by atoms with Gasteiger partial charge in [0.2, 0.25) is 5.71 Å². The predicted molar refractivity (Wildman–Crippen MR) is 197 cm³/mol. The molecule has 0 atom stereocenters. The van der Waals surface area contributed by atoms with E-state index in [-0.39, 0.29) is 31.6 Å². The molecule has 0 saturated heterocycles. The molecule has 52 heavy (non-hydrogen) atoms. The van der Waals surface area contributed by atoms with Crippen LogP contribution < -0.4 is 14.8 Å². The monoisotopic (exact) mass is 727 g/mol. The molecule has 0 aliphatic heterocycles. The van der Waals surface area contributed by atoms with Crippen LogP contribution >= 0.6 is 11.3 Å². The SMILES string of the molecule is COCCOCOc1ccc(CO/N=C(/C(=O)O)c2csc(NC(c3ccccc3)(c3ccccc3)c3ccccc3)n2)cc1OCOCCOC. The summed E-state index contributed by atoms with van der Waals surface area (Å²) >= 11 is 1.27. The second-order valence-electron chi connectivity index (χ2n) is 11.1. The number of carboxylic acids is 1. The number of thiazole rings is 1. The van der Waals surface area contributed by atoms with Crippen molar-refractivity contribution < 1.29 is 43.2 Å².